The fourth-order valence-corrected chi connectivity index (χ4v) is 1.79. The van der Waals surface area contributed by atoms with Crippen LogP contribution < -0.4 is 10.1 Å². The number of hydrogen-bond donors (Lipinski definition) is 1. The van der Waals surface area contributed by atoms with Gasteiger partial charge in [-0.2, -0.15) is 0 Å². The number of methoxy groups -OCH3 is 1. The third-order valence-electron chi connectivity index (χ3n) is 2.76. The first-order chi connectivity index (χ1) is 7.88. The zero-order valence-electron chi connectivity index (χ0n) is 9.61. The quantitative estimate of drug-likeness (QED) is 0.847. The predicted molar refractivity (Wildman–Crippen MR) is 62.9 cm³/mol. The van der Waals surface area contributed by atoms with Crippen LogP contribution in [0.1, 0.15) is 19.3 Å². The average molecular weight is 222 g/mol. The van der Waals surface area contributed by atoms with E-state index < -0.39 is 0 Å². The van der Waals surface area contributed by atoms with Crippen molar-refractivity contribution in [2.24, 2.45) is 0 Å². The van der Waals surface area contributed by atoms with Crippen LogP contribution in [0, 0.1) is 0 Å². The SMILES string of the molecule is COc1ccc(NCC2CCCCO2)nc1. The van der Waals surface area contributed by atoms with Crippen LogP contribution in [0.5, 0.6) is 5.75 Å². The molecule has 0 spiro atoms. The molecule has 0 radical (unpaired) electrons. The third kappa shape index (κ3) is 3.10. The zero-order valence-corrected chi connectivity index (χ0v) is 9.61. The van der Waals surface area contributed by atoms with Gasteiger partial charge in [0.25, 0.3) is 0 Å². The Kier molecular flexibility index (Phi) is 3.99. The van der Waals surface area contributed by atoms with E-state index in [-0.39, 0.29) is 0 Å². The van der Waals surface area contributed by atoms with E-state index in [0.29, 0.717) is 6.10 Å². The van der Waals surface area contributed by atoms with E-state index in [1.165, 1.54) is 12.8 Å². The van der Waals surface area contributed by atoms with Gasteiger partial charge in [-0.1, -0.05) is 0 Å². The molecule has 0 bridgehead atoms. The Morgan fingerprint density at radius 2 is 2.44 bits per heavy atom. The minimum Gasteiger partial charge on any atom is -0.495 e. The Balaban J connectivity index is 1.79. The van der Waals surface area contributed by atoms with Crippen molar-refractivity contribution in [1.29, 1.82) is 0 Å². The maximum atomic E-state index is 5.63. The van der Waals surface area contributed by atoms with Gasteiger partial charge in [0, 0.05) is 13.2 Å². The first-order valence-corrected chi connectivity index (χ1v) is 5.74. The third-order valence-corrected chi connectivity index (χ3v) is 2.76. The van der Waals surface area contributed by atoms with Gasteiger partial charge in [-0.25, -0.2) is 4.98 Å². The molecule has 2 rings (SSSR count). The second-order valence-corrected chi connectivity index (χ2v) is 3.95. The van der Waals surface area contributed by atoms with E-state index in [4.69, 9.17) is 9.47 Å². The summed E-state index contributed by atoms with van der Waals surface area (Å²) < 4.78 is 10.7. The molecule has 4 nitrogen and oxygen atoms in total. The molecular formula is C12H18N2O2. The highest BCUT2D eigenvalue weighted by molar-refractivity contribution is 5.37. The van der Waals surface area contributed by atoms with Gasteiger partial charge >= 0.3 is 0 Å². The van der Waals surface area contributed by atoms with Crippen molar-refractivity contribution in [3.8, 4) is 5.75 Å². The van der Waals surface area contributed by atoms with Crippen LogP contribution in [0.3, 0.4) is 0 Å². The lowest BCUT2D eigenvalue weighted by Crippen LogP contribution is -2.27. The number of hydrogen-bond acceptors (Lipinski definition) is 4. The van der Waals surface area contributed by atoms with Crippen LogP contribution in [0.2, 0.25) is 0 Å². The van der Waals surface area contributed by atoms with Crippen LogP contribution in [0.25, 0.3) is 0 Å². The van der Waals surface area contributed by atoms with Gasteiger partial charge in [0.2, 0.25) is 0 Å². The number of rotatable bonds is 4. The molecule has 88 valence electrons. The van der Waals surface area contributed by atoms with Gasteiger partial charge in [0.15, 0.2) is 0 Å². The topological polar surface area (TPSA) is 43.4 Å². The molecule has 1 aromatic heterocycles. The highest BCUT2D eigenvalue weighted by Crippen LogP contribution is 2.14. The minimum absolute atomic E-state index is 0.331. The van der Waals surface area contributed by atoms with E-state index in [1.54, 1.807) is 13.3 Å². The molecule has 1 saturated heterocycles. The molecule has 1 aliphatic rings. The molecule has 0 saturated carbocycles. The van der Waals surface area contributed by atoms with Crippen molar-refractivity contribution >= 4 is 5.82 Å². The van der Waals surface area contributed by atoms with Crippen LogP contribution in [0.4, 0.5) is 5.82 Å². The summed E-state index contributed by atoms with van der Waals surface area (Å²) in [6.07, 6.45) is 5.64. The molecule has 1 aliphatic heterocycles. The molecule has 2 heterocycles. The first kappa shape index (κ1) is 11.2. The molecule has 16 heavy (non-hydrogen) atoms. The molecule has 1 atom stereocenters. The summed E-state index contributed by atoms with van der Waals surface area (Å²) in [5, 5.41) is 3.27. The lowest BCUT2D eigenvalue weighted by Gasteiger charge is -2.22. The highest BCUT2D eigenvalue weighted by Gasteiger charge is 2.13. The Morgan fingerprint density at radius 3 is 3.06 bits per heavy atom. The van der Waals surface area contributed by atoms with Crippen molar-refractivity contribution in [3.05, 3.63) is 18.3 Å². The Hall–Kier alpha value is -1.29. The zero-order chi connectivity index (χ0) is 11.2. The molecule has 1 N–H and O–H groups in total. The monoisotopic (exact) mass is 222 g/mol. The fraction of sp³-hybridized carbons (Fsp3) is 0.583. The largest absolute Gasteiger partial charge is 0.495 e. The number of pyridine rings is 1. The number of nitrogens with zero attached hydrogens (tertiary/aromatic N) is 1. The summed E-state index contributed by atoms with van der Waals surface area (Å²) in [5.41, 5.74) is 0. The van der Waals surface area contributed by atoms with Gasteiger partial charge in [0.1, 0.15) is 11.6 Å². The number of ether oxygens (including phenoxy) is 2. The van der Waals surface area contributed by atoms with Gasteiger partial charge in [-0.15, -0.1) is 0 Å². The molecule has 1 fully saturated rings. The lowest BCUT2D eigenvalue weighted by molar-refractivity contribution is 0.0247. The van der Waals surface area contributed by atoms with Gasteiger partial charge in [0.05, 0.1) is 19.4 Å². The van der Waals surface area contributed by atoms with Crippen molar-refractivity contribution < 1.29 is 9.47 Å². The van der Waals surface area contributed by atoms with Crippen molar-refractivity contribution in [1.82, 2.24) is 4.98 Å². The first-order valence-electron chi connectivity index (χ1n) is 5.74. The smallest absolute Gasteiger partial charge is 0.137 e. The van der Waals surface area contributed by atoms with Crippen molar-refractivity contribution in [2.45, 2.75) is 25.4 Å². The second-order valence-electron chi connectivity index (χ2n) is 3.95. The average Bonchev–Trinajstić information content (AvgIpc) is 2.38. The Morgan fingerprint density at radius 1 is 1.50 bits per heavy atom. The summed E-state index contributed by atoms with van der Waals surface area (Å²) in [5.74, 6) is 1.65. The Bertz CT molecular complexity index is 307. The van der Waals surface area contributed by atoms with Crippen LogP contribution >= 0.6 is 0 Å². The summed E-state index contributed by atoms with van der Waals surface area (Å²) >= 11 is 0. The van der Waals surface area contributed by atoms with E-state index in [2.05, 4.69) is 10.3 Å². The molecule has 0 aromatic carbocycles. The van der Waals surface area contributed by atoms with Crippen molar-refractivity contribution in [3.63, 3.8) is 0 Å². The molecule has 1 aromatic rings. The summed E-state index contributed by atoms with van der Waals surface area (Å²) in [6, 6.07) is 3.82. The summed E-state index contributed by atoms with van der Waals surface area (Å²) in [6.45, 7) is 1.72. The molecular weight excluding hydrogens is 204 g/mol. The number of nitrogens with one attached hydrogen (secondary N) is 1. The fourth-order valence-electron chi connectivity index (χ4n) is 1.79. The van der Waals surface area contributed by atoms with Crippen molar-refractivity contribution in [2.75, 3.05) is 25.6 Å². The van der Waals surface area contributed by atoms with E-state index in [9.17, 15) is 0 Å². The summed E-state index contributed by atoms with van der Waals surface area (Å²) in [7, 11) is 1.64. The van der Waals surface area contributed by atoms with Crippen LogP contribution in [-0.2, 0) is 4.74 Å². The number of anilines is 1. The predicted octanol–water partition coefficient (Wildman–Crippen LogP) is 2.07. The maximum Gasteiger partial charge on any atom is 0.137 e. The molecule has 1 unspecified atom stereocenters. The van der Waals surface area contributed by atoms with Gasteiger partial charge < -0.3 is 14.8 Å². The minimum atomic E-state index is 0.331. The molecule has 4 heteroatoms. The molecule has 0 aliphatic carbocycles. The van der Waals surface area contributed by atoms with E-state index in [1.807, 2.05) is 12.1 Å². The van der Waals surface area contributed by atoms with E-state index in [0.717, 1.165) is 31.1 Å². The van der Waals surface area contributed by atoms with Gasteiger partial charge in [-0.05, 0) is 31.4 Å². The van der Waals surface area contributed by atoms with Crippen LogP contribution in [-0.4, -0.2) is 31.3 Å². The van der Waals surface area contributed by atoms with E-state index >= 15 is 0 Å². The molecule has 0 amide bonds. The highest BCUT2D eigenvalue weighted by atomic mass is 16.5. The maximum absolute atomic E-state index is 5.63. The van der Waals surface area contributed by atoms with Gasteiger partial charge in [-0.3, -0.25) is 0 Å². The second kappa shape index (κ2) is 5.70. The van der Waals surface area contributed by atoms with Crippen LogP contribution in [0.15, 0.2) is 18.3 Å². The Labute approximate surface area is 96.0 Å². The summed E-state index contributed by atoms with van der Waals surface area (Å²) in [4.78, 5) is 4.24. The number of aromatic nitrogens is 1. The normalized spacial score (nSPS) is 20.4. The lowest BCUT2D eigenvalue weighted by atomic mass is 10.1. The standard InChI is InChI=1S/C12H18N2O2/c1-15-10-5-6-12(13-8-10)14-9-11-4-2-3-7-16-11/h5-6,8,11H,2-4,7,9H2,1H3,(H,13,14).